The summed E-state index contributed by atoms with van der Waals surface area (Å²) in [6, 6.07) is 9.62. The second-order valence-electron chi connectivity index (χ2n) is 4.56. The van der Waals surface area contributed by atoms with Crippen molar-refractivity contribution in [1.29, 1.82) is 0 Å². The van der Waals surface area contributed by atoms with E-state index in [-0.39, 0.29) is 5.84 Å². The van der Waals surface area contributed by atoms with Gasteiger partial charge >= 0.3 is 0 Å². The maximum absolute atomic E-state index is 8.77. The highest BCUT2D eigenvalue weighted by Crippen LogP contribution is 2.34. The molecular weight excluding hydrogens is 310 g/mol. The Morgan fingerprint density at radius 2 is 1.91 bits per heavy atom. The quantitative estimate of drug-likeness (QED) is 0.320. The third-order valence-corrected chi connectivity index (χ3v) is 4.11. The van der Waals surface area contributed by atoms with E-state index < -0.39 is 0 Å². The lowest BCUT2D eigenvalue weighted by Gasteiger charge is -2.06. The fraction of sp³-hybridized carbons (Fsp3) is 0.176. The van der Waals surface area contributed by atoms with Crippen molar-refractivity contribution in [1.82, 2.24) is 4.98 Å². The Morgan fingerprint density at radius 1 is 1.22 bits per heavy atom. The minimum atomic E-state index is 0.0810. The van der Waals surface area contributed by atoms with Crippen LogP contribution < -0.4 is 10.5 Å². The van der Waals surface area contributed by atoms with Gasteiger partial charge in [-0.3, -0.25) is 4.98 Å². The van der Waals surface area contributed by atoms with Crippen LogP contribution in [0.3, 0.4) is 0 Å². The lowest BCUT2D eigenvalue weighted by molar-refractivity contribution is 0.319. The number of hydrogen-bond acceptors (Lipinski definition) is 5. The van der Waals surface area contributed by atoms with E-state index in [1.54, 1.807) is 12.4 Å². The van der Waals surface area contributed by atoms with Crippen molar-refractivity contribution in [3.63, 3.8) is 0 Å². The smallest absolute Gasteiger partial charge is 0.180 e. The first-order chi connectivity index (χ1) is 11.2. The molecule has 3 aromatic rings. The number of thiophene rings is 1. The number of amidine groups is 1. The minimum Gasteiger partial charge on any atom is -0.455 e. The molecule has 23 heavy (non-hydrogen) atoms. The van der Waals surface area contributed by atoms with Gasteiger partial charge in [0.2, 0.25) is 0 Å². The van der Waals surface area contributed by atoms with E-state index in [1.165, 1.54) is 16.9 Å². The first-order valence-corrected chi connectivity index (χ1v) is 8.09. The van der Waals surface area contributed by atoms with Gasteiger partial charge < -0.3 is 15.7 Å². The van der Waals surface area contributed by atoms with E-state index in [1.807, 2.05) is 51.1 Å². The predicted octanol–water partition coefficient (Wildman–Crippen LogP) is 4.52. The Kier molecular flexibility index (Phi) is 5.54. The van der Waals surface area contributed by atoms with Gasteiger partial charge in [-0.15, -0.1) is 11.3 Å². The summed E-state index contributed by atoms with van der Waals surface area (Å²) in [6.07, 6.45) is 3.39. The summed E-state index contributed by atoms with van der Waals surface area (Å²) >= 11 is 1.40. The van der Waals surface area contributed by atoms with Crippen LogP contribution in [0.1, 0.15) is 24.3 Å². The number of oxime groups is 1. The summed E-state index contributed by atoms with van der Waals surface area (Å²) < 4.78 is 6.79. The van der Waals surface area contributed by atoms with Gasteiger partial charge in [0.05, 0.1) is 15.8 Å². The summed E-state index contributed by atoms with van der Waals surface area (Å²) in [5, 5.41) is 12.7. The topological polar surface area (TPSA) is 80.7 Å². The van der Waals surface area contributed by atoms with E-state index in [9.17, 15) is 0 Å². The van der Waals surface area contributed by atoms with E-state index in [0.29, 0.717) is 10.6 Å². The van der Waals surface area contributed by atoms with Gasteiger partial charge in [0.25, 0.3) is 0 Å². The molecule has 3 N–H and O–H groups in total. The van der Waals surface area contributed by atoms with Crippen LogP contribution in [-0.2, 0) is 0 Å². The molecule has 0 atom stereocenters. The number of aromatic nitrogens is 1. The Labute approximate surface area is 139 Å². The second kappa shape index (κ2) is 7.60. The first-order valence-electron chi connectivity index (χ1n) is 7.27. The molecule has 0 spiro atoms. The zero-order valence-corrected chi connectivity index (χ0v) is 14.1. The molecule has 0 saturated heterocycles. The molecule has 3 rings (SSSR count). The van der Waals surface area contributed by atoms with Crippen molar-refractivity contribution >= 4 is 27.3 Å². The molecule has 0 radical (unpaired) electrons. The number of aryl methyl sites for hydroxylation is 1. The summed E-state index contributed by atoms with van der Waals surface area (Å²) in [5.74, 6) is 1.47. The van der Waals surface area contributed by atoms with Crippen molar-refractivity contribution in [2.45, 2.75) is 20.8 Å². The highest BCUT2D eigenvalue weighted by molar-refractivity contribution is 7.20. The molecular formula is C17H19N3O2S. The van der Waals surface area contributed by atoms with E-state index in [2.05, 4.69) is 10.1 Å². The fourth-order valence-corrected chi connectivity index (χ4v) is 2.87. The number of nitrogens with zero attached hydrogens (tertiary/aromatic N) is 2. The van der Waals surface area contributed by atoms with Crippen LogP contribution in [0.25, 0.3) is 10.1 Å². The lowest BCUT2D eigenvalue weighted by atomic mass is 10.2. The zero-order chi connectivity index (χ0) is 16.8. The summed E-state index contributed by atoms with van der Waals surface area (Å²) in [4.78, 5) is 4.84. The Bertz CT molecular complexity index is 810. The predicted molar refractivity (Wildman–Crippen MR) is 94.7 cm³/mol. The number of rotatable bonds is 3. The number of nitrogens with two attached hydrogens (primary N) is 1. The molecule has 0 saturated carbocycles. The average Bonchev–Trinajstić information content (AvgIpc) is 3.03. The molecule has 6 heteroatoms. The second-order valence-corrected chi connectivity index (χ2v) is 5.64. The van der Waals surface area contributed by atoms with Crippen molar-refractivity contribution in [2.24, 2.45) is 10.9 Å². The number of benzene rings is 1. The minimum absolute atomic E-state index is 0.0810. The fourth-order valence-electron chi connectivity index (χ4n) is 1.93. The van der Waals surface area contributed by atoms with Gasteiger partial charge in [0.1, 0.15) is 5.75 Å². The SMILES string of the molecule is CC.Cc1ccc(Oc2cncc3sc(/C(N)=N/O)cc23)cc1. The van der Waals surface area contributed by atoms with Gasteiger partial charge in [-0.2, -0.15) is 0 Å². The van der Waals surface area contributed by atoms with Crippen LogP contribution in [0.2, 0.25) is 0 Å². The van der Waals surface area contributed by atoms with Crippen molar-refractivity contribution in [2.75, 3.05) is 0 Å². The molecule has 1 aromatic carbocycles. The van der Waals surface area contributed by atoms with Crippen LogP contribution in [0.4, 0.5) is 0 Å². The largest absolute Gasteiger partial charge is 0.455 e. The van der Waals surface area contributed by atoms with Crippen LogP contribution in [0.5, 0.6) is 11.5 Å². The molecule has 0 unspecified atom stereocenters. The third kappa shape index (κ3) is 3.78. The molecule has 0 fully saturated rings. The number of hydrogen-bond donors (Lipinski definition) is 2. The summed E-state index contributed by atoms with van der Waals surface area (Å²) in [5.41, 5.74) is 6.80. The first kappa shape index (κ1) is 16.8. The monoisotopic (exact) mass is 329 g/mol. The molecule has 5 nitrogen and oxygen atoms in total. The molecule has 0 bridgehead atoms. The van der Waals surface area contributed by atoms with Gasteiger partial charge in [0, 0.05) is 11.6 Å². The van der Waals surface area contributed by atoms with Crippen LogP contribution in [0.15, 0.2) is 47.9 Å². The standard InChI is InChI=1S/C15H13N3O2S.C2H6/c1-9-2-4-10(5-3-9)20-12-7-17-8-14-11(12)6-13(21-14)15(16)18-19;1-2/h2-8,19H,1H3,(H2,16,18);1-2H3. The van der Waals surface area contributed by atoms with E-state index in [4.69, 9.17) is 15.7 Å². The van der Waals surface area contributed by atoms with Gasteiger partial charge in [-0.25, -0.2) is 0 Å². The number of pyridine rings is 1. The molecule has 0 aliphatic carbocycles. The van der Waals surface area contributed by atoms with Crippen LogP contribution >= 0.6 is 11.3 Å². The molecule has 120 valence electrons. The molecule has 0 aliphatic heterocycles. The summed E-state index contributed by atoms with van der Waals surface area (Å²) in [7, 11) is 0. The van der Waals surface area contributed by atoms with E-state index >= 15 is 0 Å². The van der Waals surface area contributed by atoms with Crippen molar-refractivity contribution < 1.29 is 9.94 Å². The van der Waals surface area contributed by atoms with E-state index in [0.717, 1.165) is 15.8 Å². The maximum atomic E-state index is 8.77. The zero-order valence-electron chi connectivity index (χ0n) is 13.3. The summed E-state index contributed by atoms with van der Waals surface area (Å²) in [6.45, 7) is 6.02. The molecule has 2 aromatic heterocycles. The Hall–Kier alpha value is -2.60. The number of ether oxygens (including phenoxy) is 1. The highest BCUT2D eigenvalue weighted by atomic mass is 32.1. The average molecular weight is 329 g/mol. The maximum Gasteiger partial charge on any atom is 0.180 e. The van der Waals surface area contributed by atoms with Gasteiger partial charge in [-0.1, -0.05) is 36.7 Å². The van der Waals surface area contributed by atoms with Crippen LogP contribution in [0, 0.1) is 6.92 Å². The van der Waals surface area contributed by atoms with Crippen molar-refractivity contribution in [3.8, 4) is 11.5 Å². The third-order valence-electron chi connectivity index (χ3n) is 3.02. The number of fused-ring (bicyclic) bond motifs is 1. The van der Waals surface area contributed by atoms with Crippen LogP contribution in [-0.4, -0.2) is 16.0 Å². The Morgan fingerprint density at radius 3 is 2.57 bits per heavy atom. The highest BCUT2D eigenvalue weighted by Gasteiger charge is 2.11. The Balaban J connectivity index is 0.000000924. The molecule has 0 aliphatic rings. The lowest BCUT2D eigenvalue weighted by Crippen LogP contribution is -2.10. The molecule has 2 heterocycles. The van der Waals surface area contributed by atoms with Gasteiger partial charge in [0.15, 0.2) is 11.6 Å². The van der Waals surface area contributed by atoms with Gasteiger partial charge in [-0.05, 0) is 25.1 Å². The molecule has 0 amide bonds. The van der Waals surface area contributed by atoms with Crippen molar-refractivity contribution in [3.05, 3.63) is 53.2 Å². The normalized spacial score (nSPS) is 11.0.